The van der Waals surface area contributed by atoms with E-state index in [0.717, 1.165) is 41.6 Å². The molecule has 0 saturated heterocycles. The second kappa shape index (κ2) is 8.56. The fraction of sp³-hybridized carbons (Fsp3) is 0.286. The highest BCUT2D eigenvalue weighted by Gasteiger charge is 2.21. The fourth-order valence-electron chi connectivity index (χ4n) is 3.31. The second-order valence-electron chi connectivity index (χ2n) is 6.60. The maximum atomic E-state index is 5.76. The molecule has 0 bridgehead atoms. The Bertz CT molecular complexity index is 938. The van der Waals surface area contributed by atoms with Crippen molar-refractivity contribution in [2.45, 2.75) is 25.9 Å². The SMILES string of the molecule is CCNC(=NCc1cccc(-c2ncn[nH]2)c1)NC1CCOc2ccccc21. The van der Waals surface area contributed by atoms with Crippen molar-refractivity contribution in [3.8, 4) is 17.1 Å². The first-order valence-corrected chi connectivity index (χ1v) is 9.54. The number of fused-ring (bicyclic) bond motifs is 1. The number of aromatic amines is 1. The highest BCUT2D eigenvalue weighted by atomic mass is 16.5. The highest BCUT2D eigenvalue weighted by Crippen LogP contribution is 2.31. The van der Waals surface area contributed by atoms with Crippen molar-refractivity contribution in [1.29, 1.82) is 0 Å². The first-order valence-electron chi connectivity index (χ1n) is 9.54. The molecular formula is C21H24N6O. The lowest BCUT2D eigenvalue weighted by Crippen LogP contribution is -2.41. The number of nitrogens with zero attached hydrogens (tertiary/aromatic N) is 3. The first kappa shape index (κ1) is 18.0. The smallest absolute Gasteiger partial charge is 0.192 e. The molecule has 7 heteroatoms. The van der Waals surface area contributed by atoms with E-state index in [0.29, 0.717) is 13.2 Å². The quantitative estimate of drug-likeness (QED) is 0.471. The van der Waals surface area contributed by atoms with Crippen molar-refractivity contribution in [3.05, 3.63) is 66.0 Å². The summed E-state index contributed by atoms with van der Waals surface area (Å²) >= 11 is 0. The van der Waals surface area contributed by atoms with Gasteiger partial charge >= 0.3 is 0 Å². The van der Waals surface area contributed by atoms with E-state index >= 15 is 0 Å². The highest BCUT2D eigenvalue weighted by molar-refractivity contribution is 5.80. The molecule has 0 aliphatic carbocycles. The van der Waals surface area contributed by atoms with Crippen molar-refractivity contribution in [1.82, 2.24) is 25.8 Å². The Balaban J connectivity index is 1.49. The zero-order valence-corrected chi connectivity index (χ0v) is 15.9. The van der Waals surface area contributed by atoms with Crippen LogP contribution in [0.5, 0.6) is 5.75 Å². The number of hydrogen-bond donors (Lipinski definition) is 3. The molecule has 1 unspecified atom stereocenters. The Morgan fingerprint density at radius 1 is 1.25 bits per heavy atom. The zero-order chi connectivity index (χ0) is 19.2. The van der Waals surface area contributed by atoms with E-state index in [9.17, 15) is 0 Å². The van der Waals surface area contributed by atoms with Gasteiger partial charge in [-0.1, -0.05) is 36.4 Å². The third-order valence-electron chi connectivity index (χ3n) is 4.65. The van der Waals surface area contributed by atoms with Crippen molar-refractivity contribution in [2.75, 3.05) is 13.2 Å². The lowest BCUT2D eigenvalue weighted by Gasteiger charge is -2.28. The number of guanidine groups is 1. The first-order chi connectivity index (χ1) is 13.8. The fourth-order valence-corrected chi connectivity index (χ4v) is 3.31. The number of para-hydroxylation sites is 1. The van der Waals surface area contributed by atoms with E-state index in [1.165, 1.54) is 11.9 Å². The monoisotopic (exact) mass is 376 g/mol. The molecule has 1 atom stereocenters. The lowest BCUT2D eigenvalue weighted by atomic mass is 10.0. The van der Waals surface area contributed by atoms with E-state index in [4.69, 9.17) is 9.73 Å². The molecule has 0 fully saturated rings. The van der Waals surface area contributed by atoms with Crippen LogP contribution < -0.4 is 15.4 Å². The van der Waals surface area contributed by atoms with Gasteiger partial charge in [0.15, 0.2) is 11.8 Å². The number of hydrogen-bond acceptors (Lipinski definition) is 4. The molecule has 28 heavy (non-hydrogen) atoms. The summed E-state index contributed by atoms with van der Waals surface area (Å²) in [5, 5.41) is 13.7. The minimum atomic E-state index is 0.184. The van der Waals surface area contributed by atoms with Crippen LogP contribution in [0.4, 0.5) is 0 Å². The normalized spacial score (nSPS) is 16.2. The number of rotatable bonds is 5. The lowest BCUT2D eigenvalue weighted by molar-refractivity contribution is 0.261. The predicted octanol–water partition coefficient (Wildman–Crippen LogP) is 3.05. The second-order valence-corrected chi connectivity index (χ2v) is 6.60. The van der Waals surface area contributed by atoms with Gasteiger partial charge in [-0.25, -0.2) is 9.98 Å². The topological polar surface area (TPSA) is 87.2 Å². The van der Waals surface area contributed by atoms with Crippen molar-refractivity contribution in [2.24, 2.45) is 4.99 Å². The molecular weight excluding hydrogens is 352 g/mol. The summed E-state index contributed by atoms with van der Waals surface area (Å²) in [4.78, 5) is 8.99. The van der Waals surface area contributed by atoms with Crippen LogP contribution in [-0.2, 0) is 6.54 Å². The van der Waals surface area contributed by atoms with Gasteiger partial charge in [0.2, 0.25) is 0 Å². The molecule has 0 radical (unpaired) electrons. The van der Waals surface area contributed by atoms with E-state index in [1.54, 1.807) is 0 Å². The molecule has 2 aromatic carbocycles. The summed E-state index contributed by atoms with van der Waals surface area (Å²) in [6.45, 7) is 4.14. The number of nitrogens with one attached hydrogen (secondary N) is 3. The summed E-state index contributed by atoms with van der Waals surface area (Å²) in [6.07, 6.45) is 2.42. The van der Waals surface area contributed by atoms with Gasteiger partial charge in [0.25, 0.3) is 0 Å². The molecule has 2 heterocycles. The van der Waals surface area contributed by atoms with E-state index in [-0.39, 0.29) is 6.04 Å². The molecule has 3 N–H and O–H groups in total. The minimum absolute atomic E-state index is 0.184. The zero-order valence-electron chi connectivity index (χ0n) is 15.9. The summed E-state index contributed by atoms with van der Waals surface area (Å²) in [5.74, 6) is 2.51. The molecule has 3 aromatic rings. The van der Waals surface area contributed by atoms with Gasteiger partial charge in [-0.3, -0.25) is 5.10 Å². The molecule has 0 spiro atoms. The largest absolute Gasteiger partial charge is 0.493 e. The van der Waals surface area contributed by atoms with E-state index in [2.05, 4.69) is 50.9 Å². The van der Waals surface area contributed by atoms with Crippen LogP contribution in [0.1, 0.15) is 30.5 Å². The average molecular weight is 376 g/mol. The minimum Gasteiger partial charge on any atom is -0.493 e. The van der Waals surface area contributed by atoms with Gasteiger partial charge in [-0.05, 0) is 24.6 Å². The molecule has 1 aromatic heterocycles. The van der Waals surface area contributed by atoms with E-state index in [1.807, 2.05) is 30.3 Å². The average Bonchev–Trinajstić information content (AvgIpc) is 3.28. The molecule has 0 saturated carbocycles. The summed E-state index contributed by atoms with van der Waals surface area (Å²) in [5.41, 5.74) is 3.28. The maximum absolute atomic E-state index is 5.76. The number of benzene rings is 2. The van der Waals surface area contributed by atoms with Crippen LogP contribution in [0.2, 0.25) is 0 Å². The Hall–Kier alpha value is -3.35. The van der Waals surface area contributed by atoms with Crippen LogP contribution in [0, 0.1) is 0 Å². The molecule has 4 rings (SSSR count). The van der Waals surface area contributed by atoms with Gasteiger partial charge in [-0.2, -0.15) is 5.10 Å². The molecule has 7 nitrogen and oxygen atoms in total. The Morgan fingerprint density at radius 2 is 2.18 bits per heavy atom. The van der Waals surface area contributed by atoms with Crippen molar-refractivity contribution in [3.63, 3.8) is 0 Å². The predicted molar refractivity (Wildman–Crippen MR) is 109 cm³/mol. The summed E-state index contributed by atoms with van der Waals surface area (Å²) in [7, 11) is 0. The van der Waals surface area contributed by atoms with Crippen LogP contribution >= 0.6 is 0 Å². The molecule has 144 valence electrons. The molecule has 0 amide bonds. The number of aliphatic imine (C=N–C) groups is 1. The van der Waals surface area contributed by atoms with Gasteiger partial charge in [0.1, 0.15) is 12.1 Å². The number of H-pyrrole nitrogens is 1. The number of aromatic nitrogens is 3. The Morgan fingerprint density at radius 3 is 3.04 bits per heavy atom. The van der Waals surface area contributed by atoms with Gasteiger partial charge < -0.3 is 15.4 Å². The summed E-state index contributed by atoms with van der Waals surface area (Å²) < 4.78 is 5.76. The maximum Gasteiger partial charge on any atom is 0.192 e. The van der Waals surface area contributed by atoms with Crippen LogP contribution in [0.15, 0.2) is 59.9 Å². The molecule has 1 aliphatic rings. The van der Waals surface area contributed by atoms with Crippen LogP contribution in [0.3, 0.4) is 0 Å². The standard InChI is InChI=1S/C21H24N6O/c1-2-22-21(26-18-10-11-28-19-9-4-3-8-17(18)19)23-13-15-6-5-7-16(12-15)20-24-14-25-27-20/h3-9,12,14,18H,2,10-11,13H2,1H3,(H2,22,23,26)(H,24,25,27). The Labute approximate surface area is 164 Å². The van der Waals surface area contributed by atoms with Crippen LogP contribution in [-0.4, -0.2) is 34.3 Å². The Kier molecular flexibility index (Phi) is 5.51. The van der Waals surface area contributed by atoms with Gasteiger partial charge in [0, 0.05) is 24.1 Å². The number of ether oxygens (including phenoxy) is 1. The third-order valence-corrected chi connectivity index (χ3v) is 4.65. The molecule has 1 aliphatic heterocycles. The van der Waals surface area contributed by atoms with Crippen molar-refractivity contribution < 1.29 is 4.74 Å². The van der Waals surface area contributed by atoms with Gasteiger partial charge in [0.05, 0.1) is 19.2 Å². The van der Waals surface area contributed by atoms with E-state index < -0.39 is 0 Å². The van der Waals surface area contributed by atoms with Gasteiger partial charge in [-0.15, -0.1) is 0 Å². The summed E-state index contributed by atoms with van der Waals surface area (Å²) in [6, 6.07) is 16.5. The van der Waals surface area contributed by atoms with Crippen molar-refractivity contribution >= 4 is 5.96 Å². The van der Waals surface area contributed by atoms with Crippen LogP contribution in [0.25, 0.3) is 11.4 Å². The third kappa shape index (κ3) is 4.14.